The lowest BCUT2D eigenvalue weighted by Gasteiger charge is -2.37. The standard InChI is InChI=1S/C15H24N2/c1-13-5-2-6-14(11-13)12-17(10-4-9-16)15-7-3-8-15/h2,5-6,11,15H,3-4,7-10,12,16H2,1H3. The zero-order valence-corrected chi connectivity index (χ0v) is 10.9. The van der Waals surface area contributed by atoms with Crippen LogP contribution in [-0.2, 0) is 6.54 Å². The minimum atomic E-state index is 0.803. The Bertz CT molecular complexity index is 345. The van der Waals surface area contributed by atoms with Crippen LogP contribution in [-0.4, -0.2) is 24.0 Å². The summed E-state index contributed by atoms with van der Waals surface area (Å²) in [7, 11) is 0. The number of hydrogen-bond donors (Lipinski definition) is 1. The molecule has 1 aliphatic carbocycles. The number of nitrogens with two attached hydrogens (primary N) is 1. The van der Waals surface area contributed by atoms with E-state index in [0.29, 0.717) is 0 Å². The fourth-order valence-electron chi connectivity index (χ4n) is 2.48. The number of hydrogen-bond acceptors (Lipinski definition) is 2. The van der Waals surface area contributed by atoms with E-state index >= 15 is 0 Å². The summed E-state index contributed by atoms with van der Waals surface area (Å²) < 4.78 is 0. The second-order valence-corrected chi connectivity index (χ2v) is 5.19. The molecule has 1 aromatic rings. The van der Waals surface area contributed by atoms with Crippen LogP contribution in [0.25, 0.3) is 0 Å². The van der Waals surface area contributed by atoms with E-state index in [1.807, 2.05) is 0 Å². The average molecular weight is 232 g/mol. The van der Waals surface area contributed by atoms with Crippen LogP contribution in [0.15, 0.2) is 24.3 Å². The fourth-order valence-corrected chi connectivity index (χ4v) is 2.48. The molecule has 1 fully saturated rings. The van der Waals surface area contributed by atoms with Gasteiger partial charge in [-0.3, -0.25) is 4.90 Å². The molecule has 1 aliphatic rings. The smallest absolute Gasteiger partial charge is 0.0236 e. The minimum absolute atomic E-state index is 0.803. The van der Waals surface area contributed by atoms with E-state index in [0.717, 1.165) is 32.1 Å². The van der Waals surface area contributed by atoms with Crippen molar-refractivity contribution in [3.63, 3.8) is 0 Å². The van der Waals surface area contributed by atoms with E-state index in [2.05, 4.69) is 36.1 Å². The maximum atomic E-state index is 5.63. The molecule has 1 aromatic carbocycles. The molecule has 17 heavy (non-hydrogen) atoms. The van der Waals surface area contributed by atoms with E-state index < -0.39 is 0 Å². The molecule has 0 heterocycles. The van der Waals surface area contributed by atoms with Gasteiger partial charge in [-0.15, -0.1) is 0 Å². The Morgan fingerprint density at radius 3 is 2.76 bits per heavy atom. The molecule has 0 spiro atoms. The van der Waals surface area contributed by atoms with Gasteiger partial charge in [-0.25, -0.2) is 0 Å². The molecule has 0 atom stereocenters. The van der Waals surface area contributed by atoms with E-state index in [-0.39, 0.29) is 0 Å². The first-order chi connectivity index (χ1) is 8.29. The van der Waals surface area contributed by atoms with Crippen LogP contribution in [0.3, 0.4) is 0 Å². The summed E-state index contributed by atoms with van der Waals surface area (Å²) >= 11 is 0. The van der Waals surface area contributed by atoms with Gasteiger partial charge in [0.05, 0.1) is 0 Å². The van der Waals surface area contributed by atoms with Crippen molar-refractivity contribution in [3.05, 3.63) is 35.4 Å². The van der Waals surface area contributed by atoms with Crippen molar-refractivity contribution in [2.75, 3.05) is 13.1 Å². The van der Waals surface area contributed by atoms with E-state index in [1.165, 1.54) is 30.4 Å². The highest BCUT2D eigenvalue weighted by atomic mass is 15.2. The number of rotatable bonds is 6. The molecule has 0 amide bonds. The number of nitrogens with zero attached hydrogens (tertiary/aromatic N) is 1. The lowest BCUT2D eigenvalue weighted by molar-refractivity contribution is 0.119. The van der Waals surface area contributed by atoms with Crippen molar-refractivity contribution in [2.45, 2.75) is 45.2 Å². The normalized spacial score (nSPS) is 16.2. The molecule has 1 saturated carbocycles. The van der Waals surface area contributed by atoms with Gasteiger partial charge in [-0.2, -0.15) is 0 Å². The van der Waals surface area contributed by atoms with Gasteiger partial charge in [0.25, 0.3) is 0 Å². The summed E-state index contributed by atoms with van der Waals surface area (Å²) in [5.74, 6) is 0. The van der Waals surface area contributed by atoms with Gasteiger partial charge >= 0.3 is 0 Å². The minimum Gasteiger partial charge on any atom is -0.330 e. The summed E-state index contributed by atoms with van der Waals surface area (Å²) in [5.41, 5.74) is 8.42. The van der Waals surface area contributed by atoms with Crippen LogP contribution in [0.4, 0.5) is 0 Å². The summed E-state index contributed by atoms with van der Waals surface area (Å²) in [4.78, 5) is 2.62. The van der Waals surface area contributed by atoms with Gasteiger partial charge in [-0.1, -0.05) is 36.2 Å². The predicted molar refractivity (Wildman–Crippen MR) is 72.9 cm³/mol. The van der Waals surface area contributed by atoms with E-state index in [4.69, 9.17) is 5.73 Å². The molecule has 0 radical (unpaired) electrons. The third kappa shape index (κ3) is 3.55. The average Bonchev–Trinajstić information content (AvgIpc) is 2.23. The second kappa shape index (κ2) is 6.18. The largest absolute Gasteiger partial charge is 0.330 e. The van der Waals surface area contributed by atoms with Crippen molar-refractivity contribution in [1.82, 2.24) is 4.90 Å². The lowest BCUT2D eigenvalue weighted by Crippen LogP contribution is -2.40. The molecule has 2 rings (SSSR count). The van der Waals surface area contributed by atoms with Crippen molar-refractivity contribution >= 4 is 0 Å². The summed E-state index contributed by atoms with van der Waals surface area (Å²) in [5, 5.41) is 0. The molecule has 2 nitrogen and oxygen atoms in total. The Morgan fingerprint density at radius 2 is 2.18 bits per heavy atom. The summed E-state index contributed by atoms with van der Waals surface area (Å²) in [6.07, 6.45) is 5.26. The first-order valence-corrected chi connectivity index (χ1v) is 6.79. The highest BCUT2D eigenvalue weighted by molar-refractivity contribution is 5.22. The second-order valence-electron chi connectivity index (χ2n) is 5.19. The number of benzene rings is 1. The number of aryl methyl sites for hydroxylation is 1. The molecule has 0 aromatic heterocycles. The summed E-state index contributed by atoms with van der Waals surface area (Å²) in [6, 6.07) is 9.67. The lowest BCUT2D eigenvalue weighted by atomic mass is 9.91. The van der Waals surface area contributed by atoms with Crippen LogP contribution >= 0.6 is 0 Å². The van der Waals surface area contributed by atoms with Gasteiger partial charge in [0.2, 0.25) is 0 Å². The Balaban J connectivity index is 1.95. The molecule has 0 bridgehead atoms. The zero-order chi connectivity index (χ0) is 12.1. The van der Waals surface area contributed by atoms with Gasteiger partial charge < -0.3 is 5.73 Å². The molecule has 2 N–H and O–H groups in total. The van der Waals surface area contributed by atoms with Crippen molar-refractivity contribution in [1.29, 1.82) is 0 Å². The van der Waals surface area contributed by atoms with Gasteiger partial charge in [0.1, 0.15) is 0 Å². The predicted octanol–water partition coefficient (Wildman–Crippen LogP) is 2.70. The molecule has 0 saturated heterocycles. The first kappa shape index (κ1) is 12.6. The van der Waals surface area contributed by atoms with Gasteiger partial charge in [0.15, 0.2) is 0 Å². The molecule has 94 valence electrons. The topological polar surface area (TPSA) is 29.3 Å². The monoisotopic (exact) mass is 232 g/mol. The maximum Gasteiger partial charge on any atom is 0.0236 e. The maximum absolute atomic E-state index is 5.63. The van der Waals surface area contributed by atoms with Crippen LogP contribution in [0.1, 0.15) is 36.8 Å². The van der Waals surface area contributed by atoms with Gasteiger partial charge in [0, 0.05) is 12.6 Å². The highest BCUT2D eigenvalue weighted by Gasteiger charge is 2.24. The molecular formula is C15H24N2. The Morgan fingerprint density at radius 1 is 1.35 bits per heavy atom. The van der Waals surface area contributed by atoms with Crippen LogP contribution in [0, 0.1) is 6.92 Å². The quantitative estimate of drug-likeness (QED) is 0.817. The first-order valence-electron chi connectivity index (χ1n) is 6.79. The third-order valence-electron chi connectivity index (χ3n) is 3.71. The Labute approximate surface area is 105 Å². The highest BCUT2D eigenvalue weighted by Crippen LogP contribution is 2.26. The van der Waals surface area contributed by atoms with Crippen molar-refractivity contribution < 1.29 is 0 Å². The SMILES string of the molecule is Cc1cccc(CN(CCCN)C2CCC2)c1. The molecule has 0 unspecified atom stereocenters. The van der Waals surface area contributed by atoms with Crippen molar-refractivity contribution in [2.24, 2.45) is 5.73 Å². The molecule has 0 aliphatic heterocycles. The van der Waals surface area contributed by atoms with Crippen LogP contribution in [0.2, 0.25) is 0 Å². The molecular weight excluding hydrogens is 208 g/mol. The zero-order valence-electron chi connectivity index (χ0n) is 10.9. The fraction of sp³-hybridized carbons (Fsp3) is 0.600. The molecule has 2 heteroatoms. The summed E-state index contributed by atoms with van der Waals surface area (Å²) in [6.45, 7) is 5.20. The van der Waals surface area contributed by atoms with Gasteiger partial charge in [-0.05, 0) is 44.8 Å². The Hall–Kier alpha value is -0.860. The van der Waals surface area contributed by atoms with Crippen LogP contribution in [0.5, 0.6) is 0 Å². The van der Waals surface area contributed by atoms with Crippen LogP contribution < -0.4 is 5.73 Å². The van der Waals surface area contributed by atoms with E-state index in [9.17, 15) is 0 Å². The third-order valence-corrected chi connectivity index (χ3v) is 3.71. The Kier molecular flexibility index (Phi) is 4.57. The van der Waals surface area contributed by atoms with Crippen molar-refractivity contribution in [3.8, 4) is 0 Å². The van der Waals surface area contributed by atoms with E-state index in [1.54, 1.807) is 0 Å².